The zero-order chi connectivity index (χ0) is 16.1. The summed E-state index contributed by atoms with van der Waals surface area (Å²) in [4.78, 5) is 11.2. The number of oxime groups is 1. The van der Waals surface area contributed by atoms with Crippen LogP contribution in [0.4, 0.5) is 0 Å². The first-order chi connectivity index (χ1) is 10.5. The van der Waals surface area contributed by atoms with E-state index < -0.39 is 31.4 Å². The summed E-state index contributed by atoms with van der Waals surface area (Å²) in [6.45, 7) is 0. The fourth-order valence-electron chi connectivity index (χ4n) is 2.32. The van der Waals surface area contributed by atoms with Crippen LogP contribution in [0.25, 0.3) is 0 Å². The molecule has 8 nitrogen and oxygen atoms in total. The first-order valence-corrected chi connectivity index (χ1v) is 7.64. The lowest BCUT2D eigenvalue weighted by molar-refractivity contribution is -0.139. The fraction of sp³-hybridized carbons (Fsp3) is 0.500. The predicted molar refractivity (Wildman–Crippen MR) is 79.9 cm³/mol. The minimum absolute atomic E-state index is 0.0508. The molecule has 0 radical (unpaired) electrons. The molecule has 0 bridgehead atoms. The van der Waals surface area contributed by atoms with E-state index in [0.29, 0.717) is 17.7 Å². The van der Waals surface area contributed by atoms with Crippen molar-refractivity contribution in [1.29, 1.82) is 0 Å². The van der Waals surface area contributed by atoms with Crippen LogP contribution in [-0.4, -0.2) is 57.5 Å². The van der Waals surface area contributed by atoms with E-state index in [4.69, 9.17) is 15.0 Å². The van der Waals surface area contributed by atoms with E-state index in [2.05, 4.69) is 10.5 Å². The number of hydrogen-bond acceptors (Lipinski definition) is 8. The first-order valence-electron chi connectivity index (χ1n) is 6.76. The number of aliphatic carboxylic acids is 1. The number of aliphatic hydroxyl groups is 1. The Morgan fingerprint density at radius 2 is 2.36 bits per heavy atom. The van der Waals surface area contributed by atoms with Gasteiger partial charge in [0.2, 0.25) is 0 Å². The van der Waals surface area contributed by atoms with Gasteiger partial charge in [-0.3, -0.25) is 10.1 Å². The average Bonchev–Trinajstić information content (AvgIpc) is 2.96. The number of carboxylic acids is 1. The van der Waals surface area contributed by atoms with Gasteiger partial charge in [-0.05, 0) is 24.3 Å². The Hall–Kier alpha value is -1.46. The standard InChI is InChI=1S/C12H17BN2O6S/c16-10(17)6-7-3-4-9(13(19)21-7)14-12(18)11(15-20)8-2-1-5-22-8/h1-2,5,7,9,12,14,18-20H,3-4,6H2,(H,16,17)/b15-11+/t7-,9-,12?/m0/s1. The molecule has 1 saturated heterocycles. The van der Waals surface area contributed by atoms with E-state index in [1.165, 1.54) is 11.3 Å². The Balaban J connectivity index is 1.92. The van der Waals surface area contributed by atoms with Gasteiger partial charge in [-0.25, -0.2) is 0 Å². The van der Waals surface area contributed by atoms with Crippen molar-refractivity contribution < 1.29 is 29.9 Å². The number of carboxylic acid groups (broad SMARTS) is 1. The van der Waals surface area contributed by atoms with Crippen molar-refractivity contribution in [3.63, 3.8) is 0 Å². The van der Waals surface area contributed by atoms with Crippen molar-refractivity contribution >= 4 is 30.1 Å². The highest BCUT2D eigenvalue weighted by Crippen LogP contribution is 2.20. The molecule has 1 aromatic heterocycles. The molecule has 1 unspecified atom stereocenters. The number of rotatable bonds is 6. The van der Waals surface area contributed by atoms with Crippen molar-refractivity contribution in [3.05, 3.63) is 22.4 Å². The summed E-state index contributed by atoms with van der Waals surface area (Å²) in [5.74, 6) is -1.58. The lowest BCUT2D eigenvalue weighted by atomic mass is 9.72. The van der Waals surface area contributed by atoms with Crippen molar-refractivity contribution in [1.82, 2.24) is 5.32 Å². The van der Waals surface area contributed by atoms with E-state index in [1.54, 1.807) is 17.5 Å². The Morgan fingerprint density at radius 3 is 2.91 bits per heavy atom. The van der Waals surface area contributed by atoms with Crippen LogP contribution in [0.5, 0.6) is 0 Å². The maximum absolute atomic E-state index is 10.6. The molecule has 0 saturated carbocycles. The van der Waals surface area contributed by atoms with Gasteiger partial charge in [0.15, 0.2) is 6.23 Å². The lowest BCUT2D eigenvalue weighted by Crippen LogP contribution is -2.55. The van der Waals surface area contributed by atoms with Crippen LogP contribution in [0.2, 0.25) is 0 Å². The van der Waals surface area contributed by atoms with Crippen molar-refractivity contribution in [3.8, 4) is 0 Å². The minimum Gasteiger partial charge on any atom is -0.481 e. The van der Waals surface area contributed by atoms with Gasteiger partial charge < -0.3 is 25.1 Å². The average molecular weight is 328 g/mol. The number of aliphatic hydroxyl groups excluding tert-OH is 1. The third kappa shape index (κ3) is 4.27. The molecular weight excluding hydrogens is 311 g/mol. The molecular formula is C12H17BN2O6S. The zero-order valence-corrected chi connectivity index (χ0v) is 12.4. The maximum Gasteiger partial charge on any atom is 0.472 e. The van der Waals surface area contributed by atoms with Crippen molar-refractivity contribution in [2.24, 2.45) is 5.16 Å². The first kappa shape index (κ1) is 16.9. The molecule has 0 spiro atoms. The number of thiophene rings is 1. The third-order valence-corrected chi connectivity index (χ3v) is 4.28. The van der Waals surface area contributed by atoms with Crippen molar-refractivity contribution in [2.75, 3.05) is 0 Å². The van der Waals surface area contributed by atoms with E-state index in [1.807, 2.05) is 0 Å². The second kappa shape index (κ2) is 7.70. The fourth-order valence-corrected chi connectivity index (χ4v) is 3.06. The zero-order valence-electron chi connectivity index (χ0n) is 11.6. The molecule has 5 N–H and O–H groups in total. The van der Waals surface area contributed by atoms with Gasteiger partial charge in [-0.15, -0.1) is 11.3 Å². The third-order valence-electron chi connectivity index (χ3n) is 3.39. The summed E-state index contributed by atoms with van der Waals surface area (Å²) < 4.78 is 5.22. The highest BCUT2D eigenvalue weighted by Gasteiger charge is 2.37. The number of nitrogens with zero attached hydrogens (tertiary/aromatic N) is 1. The highest BCUT2D eigenvalue weighted by atomic mass is 32.1. The lowest BCUT2D eigenvalue weighted by Gasteiger charge is -2.32. The molecule has 1 aliphatic rings. The molecule has 1 aliphatic heterocycles. The minimum atomic E-state index is -1.28. The summed E-state index contributed by atoms with van der Waals surface area (Å²) in [7, 11) is -1.24. The molecule has 2 rings (SSSR count). The van der Waals surface area contributed by atoms with Gasteiger partial charge in [-0.2, -0.15) is 0 Å². The molecule has 1 aromatic rings. The molecule has 22 heavy (non-hydrogen) atoms. The summed E-state index contributed by atoms with van der Waals surface area (Å²) >= 11 is 1.30. The Morgan fingerprint density at radius 1 is 1.59 bits per heavy atom. The quantitative estimate of drug-likeness (QED) is 0.162. The van der Waals surface area contributed by atoms with E-state index in [-0.39, 0.29) is 12.1 Å². The number of carbonyl (C=O) groups is 1. The Labute approximate surface area is 131 Å². The number of hydrogen-bond donors (Lipinski definition) is 5. The van der Waals surface area contributed by atoms with Gasteiger partial charge in [0.05, 0.1) is 17.4 Å². The summed E-state index contributed by atoms with van der Waals surface area (Å²) in [5.41, 5.74) is 0.0508. The number of nitrogens with one attached hydrogen (secondary N) is 1. The van der Waals surface area contributed by atoms with E-state index in [9.17, 15) is 14.9 Å². The summed E-state index contributed by atoms with van der Waals surface area (Å²) in [6, 6.07) is 3.45. The van der Waals surface area contributed by atoms with E-state index >= 15 is 0 Å². The molecule has 3 atom stereocenters. The van der Waals surface area contributed by atoms with Gasteiger partial charge in [0, 0.05) is 5.94 Å². The van der Waals surface area contributed by atoms with Crippen LogP contribution in [0.15, 0.2) is 22.7 Å². The Kier molecular flexibility index (Phi) is 5.92. The molecule has 0 aliphatic carbocycles. The monoisotopic (exact) mass is 328 g/mol. The Bertz CT molecular complexity index is 526. The largest absolute Gasteiger partial charge is 0.481 e. The van der Waals surface area contributed by atoms with Gasteiger partial charge >= 0.3 is 13.1 Å². The second-order valence-electron chi connectivity index (χ2n) is 4.96. The molecule has 1 fully saturated rings. The molecule has 10 heteroatoms. The summed E-state index contributed by atoms with van der Waals surface area (Å²) in [6.07, 6.45) is -1.13. The molecule has 0 amide bonds. The van der Waals surface area contributed by atoms with Crippen LogP contribution in [-0.2, 0) is 9.45 Å². The smallest absolute Gasteiger partial charge is 0.472 e. The van der Waals surface area contributed by atoms with Gasteiger partial charge in [-0.1, -0.05) is 11.2 Å². The van der Waals surface area contributed by atoms with Crippen LogP contribution < -0.4 is 5.32 Å². The molecule has 120 valence electrons. The van der Waals surface area contributed by atoms with Gasteiger partial charge in [0.25, 0.3) is 0 Å². The van der Waals surface area contributed by atoms with Crippen LogP contribution >= 0.6 is 11.3 Å². The van der Waals surface area contributed by atoms with Crippen LogP contribution in [0.1, 0.15) is 24.1 Å². The second-order valence-corrected chi connectivity index (χ2v) is 5.91. The molecule has 0 aromatic carbocycles. The maximum atomic E-state index is 10.6. The normalized spacial score (nSPS) is 24.3. The van der Waals surface area contributed by atoms with Crippen LogP contribution in [0, 0.1) is 0 Å². The van der Waals surface area contributed by atoms with Gasteiger partial charge in [0.1, 0.15) is 5.71 Å². The predicted octanol–water partition coefficient (Wildman–Crippen LogP) is -0.124. The van der Waals surface area contributed by atoms with Crippen LogP contribution in [0.3, 0.4) is 0 Å². The van der Waals surface area contributed by atoms with E-state index in [0.717, 1.165) is 0 Å². The topological polar surface area (TPSA) is 132 Å². The SMILES string of the molecule is O=C(O)C[C@@H]1CC[C@H](NC(O)/C(=N/O)c2cccs2)B(O)O1. The van der Waals surface area contributed by atoms with Crippen molar-refractivity contribution in [2.45, 2.75) is 37.5 Å². The summed E-state index contributed by atoms with van der Waals surface area (Å²) in [5, 5.41) is 45.4. The highest BCUT2D eigenvalue weighted by molar-refractivity contribution is 7.12. The molecule has 2 heterocycles.